The van der Waals surface area contributed by atoms with Gasteiger partial charge in [0.2, 0.25) is 0 Å². The molecule has 0 unspecified atom stereocenters. The summed E-state index contributed by atoms with van der Waals surface area (Å²) in [4.78, 5) is 13.0. The fourth-order valence-corrected chi connectivity index (χ4v) is 4.93. The first-order valence-electron chi connectivity index (χ1n) is 6.73. The second-order valence-electron chi connectivity index (χ2n) is 7.19. The van der Waals surface area contributed by atoms with Crippen molar-refractivity contribution in [2.24, 2.45) is 10.8 Å². The number of halogens is 1. The van der Waals surface area contributed by atoms with Gasteiger partial charge in [0.05, 0.1) is 8.66 Å². The van der Waals surface area contributed by atoms with Crippen LogP contribution in [0.1, 0.15) is 56.6 Å². The predicted octanol–water partition coefficient (Wildman–Crippen LogP) is 4.85. The highest BCUT2D eigenvalue weighted by molar-refractivity contribution is 9.11. The van der Waals surface area contributed by atoms with E-state index in [-0.39, 0.29) is 11.9 Å². The smallest absolute Gasteiger partial charge is 0.261 e. The fraction of sp³-hybridized carbons (Fsp3) is 0.667. The van der Waals surface area contributed by atoms with Crippen LogP contribution in [0.25, 0.3) is 0 Å². The van der Waals surface area contributed by atoms with Crippen LogP contribution in [0.5, 0.6) is 0 Å². The second-order valence-corrected chi connectivity index (χ2v) is 9.65. The van der Waals surface area contributed by atoms with Crippen molar-refractivity contribution in [1.29, 1.82) is 0 Å². The maximum Gasteiger partial charge on any atom is 0.261 e. The average Bonchev–Trinajstić information content (AvgIpc) is 2.59. The van der Waals surface area contributed by atoms with Gasteiger partial charge < -0.3 is 5.32 Å². The molecule has 0 radical (unpaired) electrons. The van der Waals surface area contributed by atoms with Crippen molar-refractivity contribution in [1.82, 2.24) is 5.32 Å². The molecule has 4 heteroatoms. The van der Waals surface area contributed by atoms with Crippen molar-refractivity contribution in [3.8, 4) is 0 Å². The highest BCUT2D eigenvalue weighted by atomic mass is 79.9. The number of thiophene rings is 1. The lowest BCUT2D eigenvalue weighted by molar-refractivity contribution is 0.0716. The van der Waals surface area contributed by atoms with Crippen molar-refractivity contribution in [3.63, 3.8) is 0 Å². The van der Waals surface area contributed by atoms with E-state index in [1.54, 1.807) is 0 Å². The zero-order valence-corrected chi connectivity index (χ0v) is 14.5. The van der Waals surface area contributed by atoms with Crippen molar-refractivity contribution in [3.05, 3.63) is 20.8 Å². The highest BCUT2D eigenvalue weighted by Gasteiger charge is 2.38. The summed E-state index contributed by atoms with van der Waals surface area (Å²) in [5.41, 5.74) is 0.603. The Bertz CT molecular complexity index is 462. The molecule has 1 amide bonds. The van der Waals surface area contributed by atoms with E-state index in [2.05, 4.69) is 48.9 Å². The van der Waals surface area contributed by atoms with Crippen LogP contribution >= 0.6 is 27.3 Å². The molecule has 1 aliphatic carbocycles. The molecular weight excluding hydrogens is 322 g/mol. The summed E-state index contributed by atoms with van der Waals surface area (Å²) in [5, 5.41) is 3.21. The van der Waals surface area contributed by atoms with E-state index in [9.17, 15) is 4.79 Å². The van der Waals surface area contributed by atoms with Crippen LogP contribution < -0.4 is 5.32 Å². The fourth-order valence-electron chi connectivity index (χ4n) is 3.64. The van der Waals surface area contributed by atoms with Crippen LogP contribution in [0.15, 0.2) is 15.9 Å². The molecule has 0 spiro atoms. The Labute approximate surface area is 128 Å². The Balaban J connectivity index is 2.04. The third-order valence-corrected chi connectivity index (χ3v) is 5.31. The third-order valence-electron chi connectivity index (χ3n) is 3.69. The molecule has 2 nitrogen and oxygen atoms in total. The minimum Gasteiger partial charge on any atom is -0.349 e. The molecule has 106 valence electrons. The predicted molar refractivity (Wildman–Crippen MR) is 84.7 cm³/mol. The van der Waals surface area contributed by atoms with Crippen LogP contribution in [-0.4, -0.2) is 11.9 Å². The molecule has 0 aliphatic heterocycles. The van der Waals surface area contributed by atoms with E-state index in [0.29, 0.717) is 10.8 Å². The van der Waals surface area contributed by atoms with Crippen molar-refractivity contribution < 1.29 is 4.79 Å². The molecule has 2 rings (SSSR count). The Hall–Kier alpha value is -0.350. The number of carbonyl (C=O) groups is 1. The first kappa shape index (κ1) is 15.0. The Morgan fingerprint density at radius 1 is 1.26 bits per heavy atom. The molecule has 0 saturated heterocycles. The molecule has 0 bridgehead atoms. The van der Waals surface area contributed by atoms with Gasteiger partial charge in [-0.25, -0.2) is 0 Å². The van der Waals surface area contributed by atoms with Crippen LogP contribution in [0.4, 0.5) is 0 Å². The second kappa shape index (κ2) is 5.21. The minimum absolute atomic E-state index is 0.0641. The number of rotatable bonds is 2. The topological polar surface area (TPSA) is 29.1 Å². The lowest BCUT2D eigenvalue weighted by Crippen LogP contribution is -2.45. The van der Waals surface area contributed by atoms with Gasteiger partial charge in [0.15, 0.2) is 0 Å². The summed E-state index contributed by atoms with van der Waals surface area (Å²) in [6.07, 6.45) is 3.35. The lowest BCUT2D eigenvalue weighted by atomic mass is 9.63. The molecule has 0 aromatic carbocycles. The maximum absolute atomic E-state index is 12.2. The quantitative estimate of drug-likeness (QED) is 0.817. The van der Waals surface area contributed by atoms with E-state index in [1.165, 1.54) is 17.8 Å². The summed E-state index contributed by atoms with van der Waals surface area (Å²) >= 11 is 4.89. The molecular formula is C15H22BrNOS. The van der Waals surface area contributed by atoms with Gasteiger partial charge in [-0.2, -0.15) is 0 Å². The molecule has 1 heterocycles. The van der Waals surface area contributed by atoms with Crippen molar-refractivity contribution in [2.75, 3.05) is 0 Å². The third kappa shape index (κ3) is 4.06. The molecule has 1 aliphatic rings. The van der Waals surface area contributed by atoms with E-state index in [1.807, 2.05) is 12.1 Å². The monoisotopic (exact) mass is 343 g/mol. The van der Waals surface area contributed by atoms with Crippen LogP contribution in [0, 0.1) is 10.8 Å². The van der Waals surface area contributed by atoms with Gasteiger partial charge in [-0.15, -0.1) is 11.3 Å². The van der Waals surface area contributed by atoms with Gasteiger partial charge in [0.25, 0.3) is 5.91 Å². The molecule has 1 N–H and O–H groups in total. The number of nitrogens with one attached hydrogen (secondary N) is 1. The largest absolute Gasteiger partial charge is 0.349 e. The van der Waals surface area contributed by atoms with Crippen LogP contribution in [0.3, 0.4) is 0 Å². The highest BCUT2D eigenvalue weighted by Crippen LogP contribution is 2.45. The average molecular weight is 344 g/mol. The van der Waals surface area contributed by atoms with Crippen LogP contribution in [0.2, 0.25) is 0 Å². The Morgan fingerprint density at radius 2 is 1.84 bits per heavy atom. The van der Waals surface area contributed by atoms with Crippen molar-refractivity contribution in [2.45, 2.75) is 53.0 Å². The number of hydrogen-bond donors (Lipinski definition) is 1. The summed E-state index contributed by atoms with van der Waals surface area (Å²) < 4.78 is 1.00. The SMILES string of the molecule is CC1(C)CC(NC(=O)c2ccc(Br)s2)CC(C)(C)C1. The van der Waals surface area contributed by atoms with E-state index in [0.717, 1.165) is 21.5 Å². The summed E-state index contributed by atoms with van der Waals surface area (Å²) in [5.74, 6) is 0.0641. The van der Waals surface area contributed by atoms with Gasteiger partial charge in [-0.05, 0) is 58.2 Å². The Morgan fingerprint density at radius 3 is 2.32 bits per heavy atom. The van der Waals surface area contributed by atoms with E-state index >= 15 is 0 Å². The Kier molecular flexibility index (Phi) is 4.12. The van der Waals surface area contributed by atoms with Gasteiger partial charge in [-0.1, -0.05) is 27.7 Å². The van der Waals surface area contributed by atoms with E-state index in [4.69, 9.17) is 0 Å². The standard InChI is InChI=1S/C15H22BrNOS/c1-14(2)7-10(8-15(3,4)9-14)17-13(18)11-5-6-12(16)19-11/h5-6,10H,7-9H2,1-4H3,(H,17,18). The van der Waals surface area contributed by atoms with Gasteiger partial charge in [0.1, 0.15) is 0 Å². The van der Waals surface area contributed by atoms with Gasteiger partial charge in [0, 0.05) is 6.04 Å². The summed E-state index contributed by atoms with van der Waals surface area (Å²) in [6, 6.07) is 4.09. The van der Waals surface area contributed by atoms with Crippen LogP contribution in [-0.2, 0) is 0 Å². The first-order valence-corrected chi connectivity index (χ1v) is 8.34. The lowest BCUT2D eigenvalue weighted by Gasteiger charge is -2.45. The normalized spacial score (nSPS) is 22.2. The molecule has 1 aromatic rings. The molecule has 0 atom stereocenters. The number of amides is 1. The molecule has 1 fully saturated rings. The zero-order valence-electron chi connectivity index (χ0n) is 12.0. The molecule has 1 aromatic heterocycles. The van der Waals surface area contributed by atoms with Crippen molar-refractivity contribution >= 4 is 33.2 Å². The zero-order chi connectivity index (χ0) is 14.3. The minimum atomic E-state index is 0.0641. The molecule has 1 saturated carbocycles. The van der Waals surface area contributed by atoms with Gasteiger partial charge in [-0.3, -0.25) is 4.79 Å². The molecule has 19 heavy (non-hydrogen) atoms. The number of carbonyl (C=O) groups excluding carboxylic acids is 1. The summed E-state index contributed by atoms with van der Waals surface area (Å²) in [7, 11) is 0. The maximum atomic E-state index is 12.2. The summed E-state index contributed by atoms with van der Waals surface area (Å²) in [6.45, 7) is 9.20. The first-order chi connectivity index (χ1) is 8.67. The van der Waals surface area contributed by atoms with E-state index < -0.39 is 0 Å². The van der Waals surface area contributed by atoms with Gasteiger partial charge >= 0.3 is 0 Å². The number of hydrogen-bond acceptors (Lipinski definition) is 2.